The van der Waals surface area contributed by atoms with Gasteiger partial charge < -0.3 is 10.2 Å². The molecule has 0 fully saturated rings. The van der Waals surface area contributed by atoms with Crippen molar-refractivity contribution in [3.8, 4) is 0 Å². The molecule has 2 heterocycles. The summed E-state index contributed by atoms with van der Waals surface area (Å²) in [7, 11) is 0. The lowest BCUT2D eigenvalue weighted by atomic mass is 10.2. The maximum atomic E-state index is 4.63. The predicted molar refractivity (Wildman–Crippen MR) is 91.9 cm³/mol. The fourth-order valence-corrected chi connectivity index (χ4v) is 2.95. The molecule has 0 aliphatic carbocycles. The highest BCUT2D eigenvalue weighted by Gasteiger charge is 2.21. The van der Waals surface area contributed by atoms with Gasteiger partial charge in [0.05, 0.1) is 0 Å². The molecule has 116 valence electrons. The lowest BCUT2D eigenvalue weighted by Gasteiger charge is -2.19. The van der Waals surface area contributed by atoms with E-state index in [2.05, 4.69) is 57.4 Å². The SMILES string of the molecule is CCCCCNc1cc(N2CCc3ccccc32)nc(C)n1. The van der Waals surface area contributed by atoms with Crippen molar-refractivity contribution in [1.82, 2.24) is 9.97 Å². The van der Waals surface area contributed by atoms with Crippen LogP contribution in [0.1, 0.15) is 37.6 Å². The van der Waals surface area contributed by atoms with Gasteiger partial charge in [-0.15, -0.1) is 0 Å². The highest BCUT2D eigenvalue weighted by Crippen LogP contribution is 2.33. The van der Waals surface area contributed by atoms with Crippen molar-refractivity contribution in [3.05, 3.63) is 41.7 Å². The minimum Gasteiger partial charge on any atom is -0.370 e. The van der Waals surface area contributed by atoms with Crippen molar-refractivity contribution in [1.29, 1.82) is 0 Å². The zero-order chi connectivity index (χ0) is 15.4. The van der Waals surface area contributed by atoms with Crippen molar-refractivity contribution in [2.75, 3.05) is 23.3 Å². The second-order valence-electron chi connectivity index (χ2n) is 5.82. The third kappa shape index (κ3) is 3.21. The molecule has 0 radical (unpaired) electrons. The summed E-state index contributed by atoms with van der Waals surface area (Å²) in [6.07, 6.45) is 4.75. The van der Waals surface area contributed by atoms with E-state index in [1.54, 1.807) is 0 Å². The average Bonchev–Trinajstić information content (AvgIpc) is 2.95. The van der Waals surface area contributed by atoms with Crippen LogP contribution in [0.4, 0.5) is 17.3 Å². The van der Waals surface area contributed by atoms with Crippen molar-refractivity contribution < 1.29 is 0 Å². The summed E-state index contributed by atoms with van der Waals surface area (Å²) in [6, 6.07) is 10.6. The standard InChI is InChI=1S/C18H24N4/c1-3-4-7-11-19-17-13-18(21-14(2)20-17)22-12-10-15-8-5-6-9-16(15)22/h5-6,8-9,13H,3-4,7,10-12H2,1-2H3,(H,19,20,21). The molecular weight excluding hydrogens is 272 g/mol. The van der Waals surface area contributed by atoms with Crippen LogP contribution < -0.4 is 10.2 Å². The molecule has 22 heavy (non-hydrogen) atoms. The van der Waals surface area contributed by atoms with Crippen LogP contribution in [0.2, 0.25) is 0 Å². The fourth-order valence-electron chi connectivity index (χ4n) is 2.95. The summed E-state index contributed by atoms with van der Waals surface area (Å²) >= 11 is 0. The number of hydrogen-bond donors (Lipinski definition) is 1. The molecule has 4 nitrogen and oxygen atoms in total. The maximum Gasteiger partial charge on any atom is 0.138 e. The quantitative estimate of drug-likeness (QED) is 0.815. The Balaban J connectivity index is 1.78. The van der Waals surface area contributed by atoms with Crippen LogP contribution in [0.5, 0.6) is 0 Å². The first-order valence-corrected chi connectivity index (χ1v) is 8.23. The monoisotopic (exact) mass is 296 g/mol. The predicted octanol–water partition coefficient (Wildman–Crippen LogP) is 4.08. The summed E-state index contributed by atoms with van der Waals surface area (Å²) in [5, 5.41) is 3.43. The molecule has 0 saturated carbocycles. The fraction of sp³-hybridized carbons (Fsp3) is 0.444. The van der Waals surface area contributed by atoms with Gasteiger partial charge in [-0.05, 0) is 31.4 Å². The Labute approximate surface area is 132 Å². The molecule has 0 saturated heterocycles. The average molecular weight is 296 g/mol. The number of nitrogens with zero attached hydrogens (tertiary/aromatic N) is 3. The highest BCUT2D eigenvalue weighted by molar-refractivity contribution is 5.68. The number of hydrogen-bond acceptors (Lipinski definition) is 4. The molecular formula is C18H24N4. The summed E-state index contributed by atoms with van der Waals surface area (Å²) in [5.74, 6) is 2.75. The topological polar surface area (TPSA) is 41.0 Å². The van der Waals surface area contributed by atoms with Crippen molar-refractivity contribution in [3.63, 3.8) is 0 Å². The smallest absolute Gasteiger partial charge is 0.138 e. The third-order valence-electron chi connectivity index (χ3n) is 4.07. The van der Waals surface area contributed by atoms with Gasteiger partial charge in [0.2, 0.25) is 0 Å². The molecule has 4 heteroatoms. The lowest BCUT2D eigenvalue weighted by molar-refractivity contribution is 0.741. The van der Waals surface area contributed by atoms with E-state index in [0.29, 0.717) is 0 Å². The van der Waals surface area contributed by atoms with Gasteiger partial charge >= 0.3 is 0 Å². The van der Waals surface area contributed by atoms with E-state index in [9.17, 15) is 0 Å². The van der Waals surface area contributed by atoms with E-state index in [0.717, 1.165) is 37.0 Å². The van der Waals surface area contributed by atoms with Crippen molar-refractivity contribution >= 4 is 17.3 Å². The van der Waals surface area contributed by atoms with Crippen LogP contribution in [0, 0.1) is 6.92 Å². The largest absolute Gasteiger partial charge is 0.370 e. The van der Waals surface area contributed by atoms with Gasteiger partial charge in [0.15, 0.2) is 0 Å². The summed E-state index contributed by atoms with van der Waals surface area (Å²) in [4.78, 5) is 11.4. The van der Waals surface area contributed by atoms with Crippen LogP contribution in [0.25, 0.3) is 0 Å². The molecule has 0 unspecified atom stereocenters. The Kier molecular flexibility index (Phi) is 4.56. The van der Waals surface area contributed by atoms with Crippen LogP contribution in [-0.4, -0.2) is 23.1 Å². The molecule has 1 N–H and O–H groups in total. The first-order chi connectivity index (χ1) is 10.8. The number of benzene rings is 1. The van der Waals surface area contributed by atoms with E-state index in [1.807, 2.05) is 6.92 Å². The minimum absolute atomic E-state index is 0.819. The molecule has 2 aromatic rings. The number of nitrogens with one attached hydrogen (secondary N) is 1. The minimum atomic E-state index is 0.819. The van der Waals surface area contributed by atoms with Crippen LogP contribution >= 0.6 is 0 Å². The molecule has 1 aromatic heterocycles. The van der Waals surface area contributed by atoms with E-state index in [-0.39, 0.29) is 0 Å². The zero-order valence-electron chi connectivity index (χ0n) is 13.5. The van der Waals surface area contributed by atoms with E-state index in [4.69, 9.17) is 0 Å². The number of para-hydroxylation sites is 1. The Morgan fingerprint density at radius 3 is 2.91 bits per heavy atom. The third-order valence-corrected chi connectivity index (χ3v) is 4.07. The number of aryl methyl sites for hydroxylation is 1. The van der Waals surface area contributed by atoms with Crippen molar-refractivity contribution in [2.24, 2.45) is 0 Å². The molecule has 1 aliphatic heterocycles. The van der Waals surface area contributed by atoms with E-state index in [1.165, 1.54) is 30.5 Å². The summed E-state index contributed by atoms with van der Waals surface area (Å²) < 4.78 is 0. The van der Waals surface area contributed by atoms with Gasteiger partial charge in [0.1, 0.15) is 17.5 Å². The van der Waals surface area contributed by atoms with E-state index >= 15 is 0 Å². The Bertz CT molecular complexity index is 639. The molecule has 0 spiro atoms. The first-order valence-electron chi connectivity index (χ1n) is 8.23. The lowest BCUT2D eigenvalue weighted by Crippen LogP contribution is -2.16. The maximum absolute atomic E-state index is 4.63. The van der Waals surface area contributed by atoms with Gasteiger partial charge in [0.25, 0.3) is 0 Å². The molecule has 1 aromatic carbocycles. The zero-order valence-corrected chi connectivity index (χ0v) is 13.5. The molecule has 0 amide bonds. The normalized spacial score (nSPS) is 13.3. The number of rotatable bonds is 6. The van der Waals surface area contributed by atoms with Crippen molar-refractivity contribution in [2.45, 2.75) is 39.5 Å². The number of fused-ring (bicyclic) bond motifs is 1. The van der Waals surface area contributed by atoms with Crippen LogP contribution in [-0.2, 0) is 6.42 Å². The number of aromatic nitrogens is 2. The first kappa shape index (κ1) is 14.8. The highest BCUT2D eigenvalue weighted by atomic mass is 15.2. The second-order valence-corrected chi connectivity index (χ2v) is 5.82. The van der Waals surface area contributed by atoms with E-state index < -0.39 is 0 Å². The molecule has 0 atom stereocenters. The Morgan fingerprint density at radius 1 is 1.18 bits per heavy atom. The molecule has 0 bridgehead atoms. The Morgan fingerprint density at radius 2 is 2.05 bits per heavy atom. The number of unbranched alkanes of at least 4 members (excludes halogenated alkanes) is 2. The van der Waals surface area contributed by atoms with Crippen LogP contribution in [0.3, 0.4) is 0 Å². The summed E-state index contributed by atoms with van der Waals surface area (Å²) in [5.41, 5.74) is 2.67. The molecule has 3 rings (SSSR count). The van der Waals surface area contributed by atoms with Gasteiger partial charge in [-0.3, -0.25) is 0 Å². The second kappa shape index (κ2) is 6.77. The van der Waals surface area contributed by atoms with Gasteiger partial charge in [-0.2, -0.15) is 0 Å². The number of anilines is 3. The summed E-state index contributed by atoms with van der Waals surface area (Å²) in [6.45, 7) is 6.14. The van der Waals surface area contributed by atoms with Gasteiger partial charge in [-0.25, -0.2) is 9.97 Å². The Hall–Kier alpha value is -2.10. The van der Waals surface area contributed by atoms with Gasteiger partial charge in [-0.1, -0.05) is 38.0 Å². The molecule has 1 aliphatic rings. The van der Waals surface area contributed by atoms with Crippen LogP contribution in [0.15, 0.2) is 30.3 Å². The van der Waals surface area contributed by atoms with Gasteiger partial charge in [0, 0.05) is 24.8 Å².